The molecule has 2 aliphatic rings. The molecular formula is C20H25N3O3S. The molecule has 6 nitrogen and oxygen atoms in total. The Balaban J connectivity index is 1.69. The van der Waals surface area contributed by atoms with Crippen LogP contribution in [0.5, 0.6) is 11.5 Å². The standard InChI is InChI=1S/C20H25N3O3S/c1-12-18-19(27-11-17(24)21-20(18)23(2)22-12)13-8-9-15(16(10-13)25-3)26-14-6-4-5-7-14/h8-10,14,19H,4-7,11H2,1-3H3,(H,21,24). The Bertz CT molecular complexity index is 858. The Labute approximate surface area is 163 Å². The van der Waals surface area contributed by atoms with Crippen molar-refractivity contribution in [1.29, 1.82) is 0 Å². The number of aromatic nitrogens is 2. The molecule has 1 aliphatic heterocycles. The number of hydrogen-bond acceptors (Lipinski definition) is 5. The smallest absolute Gasteiger partial charge is 0.235 e. The van der Waals surface area contributed by atoms with Crippen LogP contribution in [0.3, 0.4) is 0 Å². The first-order valence-corrected chi connectivity index (χ1v) is 10.4. The summed E-state index contributed by atoms with van der Waals surface area (Å²) >= 11 is 1.61. The lowest BCUT2D eigenvalue weighted by Gasteiger charge is -2.20. The summed E-state index contributed by atoms with van der Waals surface area (Å²) in [6, 6.07) is 6.11. The molecule has 0 bridgehead atoms. The van der Waals surface area contributed by atoms with Gasteiger partial charge in [0.15, 0.2) is 11.5 Å². The summed E-state index contributed by atoms with van der Waals surface area (Å²) in [5.41, 5.74) is 3.07. The molecule has 0 saturated heterocycles. The molecule has 1 atom stereocenters. The summed E-state index contributed by atoms with van der Waals surface area (Å²) in [4.78, 5) is 12.1. The van der Waals surface area contributed by atoms with E-state index in [2.05, 4.69) is 16.5 Å². The molecule has 0 spiro atoms. The van der Waals surface area contributed by atoms with Gasteiger partial charge in [-0.2, -0.15) is 5.10 Å². The molecule has 1 aromatic carbocycles. The summed E-state index contributed by atoms with van der Waals surface area (Å²) in [7, 11) is 3.53. The first-order valence-electron chi connectivity index (χ1n) is 9.36. The highest BCUT2D eigenvalue weighted by molar-refractivity contribution is 8.00. The van der Waals surface area contributed by atoms with E-state index >= 15 is 0 Å². The largest absolute Gasteiger partial charge is 0.493 e. The monoisotopic (exact) mass is 387 g/mol. The second kappa shape index (κ2) is 7.46. The predicted octanol–water partition coefficient (Wildman–Crippen LogP) is 3.83. The lowest BCUT2D eigenvalue weighted by Crippen LogP contribution is -2.15. The zero-order valence-electron chi connectivity index (χ0n) is 15.9. The quantitative estimate of drug-likeness (QED) is 0.864. The number of ether oxygens (including phenoxy) is 2. The minimum atomic E-state index is -0.0000909. The van der Waals surface area contributed by atoms with Crippen molar-refractivity contribution in [3.63, 3.8) is 0 Å². The minimum Gasteiger partial charge on any atom is -0.493 e. The lowest BCUT2D eigenvalue weighted by molar-refractivity contribution is -0.113. The lowest BCUT2D eigenvalue weighted by atomic mass is 10.0. The average Bonchev–Trinajstić information content (AvgIpc) is 3.20. The molecule has 7 heteroatoms. The van der Waals surface area contributed by atoms with Crippen LogP contribution >= 0.6 is 11.8 Å². The van der Waals surface area contributed by atoms with Gasteiger partial charge in [-0.05, 0) is 50.3 Å². The van der Waals surface area contributed by atoms with Crippen LogP contribution in [-0.2, 0) is 11.8 Å². The number of thioether (sulfide) groups is 1. The van der Waals surface area contributed by atoms with Gasteiger partial charge in [-0.25, -0.2) is 0 Å². The minimum absolute atomic E-state index is 0.0000909. The van der Waals surface area contributed by atoms with Crippen LogP contribution in [0.15, 0.2) is 18.2 Å². The van der Waals surface area contributed by atoms with Crippen molar-refractivity contribution >= 4 is 23.5 Å². The topological polar surface area (TPSA) is 65.4 Å². The summed E-state index contributed by atoms with van der Waals surface area (Å²) in [6.07, 6.45) is 4.96. The van der Waals surface area contributed by atoms with E-state index in [4.69, 9.17) is 9.47 Å². The van der Waals surface area contributed by atoms with Crippen molar-refractivity contribution < 1.29 is 14.3 Å². The van der Waals surface area contributed by atoms with Crippen LogP contribution in [0.2, 0.25) is 0 Å². The number of rotatable bonds is 4. The summed E-state index contributed by atoms with van der Waals surface area (Å²) in [6.45, 7) is 1.98. The third kappa shape index (κ3) is 3.52. The van der Waals surface area contributed by atoms with Crippen LogP contribution in [0.25, 0.3) is 0 Å². The van der Waals surface area contributed by atoms with E-state index in [1.165, 1.54) is 12.8 Å². The fourth-order valence-electron chi connectivity index (χ4n) is 3.94. The van der Waals surface area contributed by atoms with Crippen LogP contribution in [-0.4, -0.2) is 34.7 Å². The molecule has 1 saturated carbocycles. The van der Waals surface area contributed by atoms with E-state index in [1.54, 1.807) is 23.6 Å². The Kier molecular flexibility index (Phi) is 5.04. The van der Waals surface area contributed by atoms with Gasteiger partial charge in [0.1, 0.15) is 5.82 Å². The van der Waals surface area contributed by atoms with Gasteiger partial charge >= 0.3 is 0 Å². The van der Waals surface area contributed by atoms with E-state index in [9.17, 15) is 4.79 Å². The number of amides is 1. The van der Waals surface area contributed by atoms with Gasteiger partial charge in [-0.3, -0.25) is 9.48 Å². The third-order valence-electron chi connectivity index (χ3n) is 5.26. The van der Waals surface area contributed by atoms with Gasteiger partial charge in [0.25, 0.3) is 0 Å². The zero-order valence-corrected chi connectivity index (χ0v) is 16.8. The van der Waals surface area contributed by atoms with Gasteiger partial charge in [0.2, 0.25) is 5.91 Å². The number of hydrogen-bond donors (Lipinski definition) is 1. The van der Waals surface area contributed by atoms with Gasteiger partial charge in [-0.15, -0.1) is 11.8 Å². The molecule has 1 aliphatic carbocycles. The Morgan fingerprint density at radius 1 is 1.26 bits per heavy atom. The Morgan fingerprint density at radius 2 is 2.04 bits per heavy atom. The number of fused-ring (bicyclic) bond motifs is 1. The van der Waals surface area contributed by atoms with Crippen LogP contribution < -0.4 is 14.8 Å². The first kappa shape index (κ1) is 18.2. The summed E-state index contributed by atoms with van der Waals surface area (Å²) in [5.74, 6) is 2.72. The molecule has 0 radical (unpaired) electrons. The highest BCUT2D eigenvalue weighted by Gasteiger charge is 2.30. The zero-order chi connectivity index (χ0) is 19.0. The van der Waals surface area contributed by atoms with E-state index < -0.39 is 0 Å². The molecule has 1 amide bonds. The molecule has 4 rings (SSSR count). The second-order valence-corrected chi connectivity index (χ2v) is 8.24. The number of carbonyl (C=O) groups is 1. The van der Waals surface area contributed by atoms with Crippen LogP contribution in [0, 0.1) is 6.92 Å². The van der Waals surface area contributed by atoms with E-state index in [0.29, 0.717) is 5.75 Å². The molecule has 144 valence electrons. The van der Waals surface area contributed by atoms with Gasteiger partial charge in [0, 0.05) is 12.6 Å². The SMILES string of the molecule is COc1cc(C2SCC(=O)Nc3c2c(C)nn3C)ccc1OC1CCCC1. The van der Waals surface area contributed by atoms with Crippen LogP contribution in [0.1, 0.15) is 47.8 Å². The van der Waals surface area contributed by atoms with E-state index in [0.717, 1.165) is 47.0 Å². The molecule has 1 aromatic heterocycles. The van der Waals surface area contributed by atoms with Gasteiger partial charge in [0.05, 0.1) is 29.9 Å². The molecule has 1 fully saturated rings. The molecule has 2 heterocycles. The van der Waals surface area contributed by atoms with Crippen molar-refractivity contribution in [2.24, 2.45) is 7.05 Å². The fraction of sp³-hybridized carbons (Fsp3) is 0.500. The number of aryl methyl sites for hydroxylation is 2. The summed E-state index contributed by atoms with van der Waals surface area (Å²) < 4.78 is 13.5. The summed E-state index contributed by atoms with van der Waals surface area (Å²) in [5, 5.41) is 7.51. The fourth-order valence-corrected chi connectivity index (χ4v) is 5.12. The van der Waals surface area contributed by atoms with Gasteiger partial charge < -0.3 is 14.8 Å². The Hall–Kier alpha value is -2.15. The second-order valence-electron chi connectivity index (χ2n) is 7.15. The van der Waals surface area contributed by atoms with Crippen molar-refractivity contribution in [3.8, 4) is 11.5 Å². The number of methoxy groups -OCH3 is 1. The number of benzene rings is 1. The normalized spacial score (nSPS) is 20.1. The first-order chi connectivity index (χ1) is 13.1. The number of carbonyl (C=O) groups excluding carboxylic acids is 1. The maximum Gasteiger partial charge on any atom is 0.235 e. The predicted molar refractivity (Wildman–Crippen MR) is 107 cm³/mol. The third-order valence-corrected chi connectivity index (χ3v) is 6.53. The van der Waals surface area contributed by atoms with Gasteiger partial charge in [-0.1, -0.05) is 6.07 Å². The van der Waals surface area contributed by atoms with Crippen molar-refractivity contribution in [2.45, 2.75) is 44.0 Å². The van der Waals surface area contributed by atoms with E-state index in [1.807, 2.05) is 26.1 Å². The average molecular weight is 388 g/mol. The number of anilines is 1. The molecule has 1 unspecified atom stereocenters. The van der Waals surface area contributed by atoms with Crippen molar-refractivity contribution in [3.05, 3.63) is 35.0 Å². The highest BCUT2D eigenvalue weighted by atomic mass is 32.2. The Morgan fingerprint density at radius 3 is 2.78 bits per heavy atom. The number of nitrogens with one attached hydrogen (secondary N) is 1. The van der Waals surface area contributed by atoms with Crippen molar-refractivity contribution in [1.82, 2.24) is 9.78 Å². The maximum absolute atomic E-state index is 12.1. The van der Waals surface area contributed by atoms with Crippen LogP contribution in [0.4, 0.5) is 5.82 Å². The molecule has 1 N–H and O–H groups in total. The van der Waals surface area contributed by atoms with Crippen molar-refractivity contribution in [2.75, 3.05) is 18.2 Å². The maximum atomic E-state index is 12.1. The molecule has 27 heavy (non-hydrogen) atoms. The highest BCUT2D eigenvalue weighted by Crippen LogP contribution is 2.45. The molecular weight excluding hydrogens is 362 g/mol. The van der Waals surface area contributed by atoms with E-state index in [-0.39, 0.29) is 17.3 Å². The molecule has 2 aromatic rings. The number of nitrogens with zero attached hydrogens (tertiary/aromatic N) is 2.